The second kappa shape index (κ2) is 6.18. The second-order valence-corrected chi connectivity index (χ2v) is 5.60. The van der Waals surface area contributed by atoms with Gasteiger partial charge in [-0.3, -0.25) is 15.0 Å². The van der Waals surface area contributed by atoms with Crippen LogP contribution in [-0.2, 0) is 17.8 Å². The van der Waals surface area contributed by atoms with Crippen LogP contribution in [0, 0.1) is 25.2 Å². The summed E-state index contributed by atoms with van der Waals surface area (Å²) in [6.45, 7) is 5.19. The minimum Gasteiger partial charge on any atom is -0.444 e. The molecule has 118 valence electrons. The molecule has 0 saturated heterocycles. The molecule has 23 heavy (non-hydrogen) atoms. The van der Waals surface area contributed by atoms with E-state index in [1.165, 1.54) is 6.33 Å². The van der Waals surface area contributed by atoms with Crippen molar-refractivity contribution >= 4 is 11.8 Å². The highest BCUT2D eigenvalue weighted by Crippen LogP contribution is 2.25. The number of hydrogen-bond acceptors (Lipinski definition) is 6. The molecule has 3 rings (SSSR count). The van der Waals surface area contributed by atoms with Crippen LogP contribution in [0.3, 0.4) is 0 Å². The average molecular weight is 311 g/mol. The van der Waals surface area contributed by atoms with Crippen molar-refractivity contribution in [2.75, 3.05) is 18.4 Å². The van der Waals surface area contributed by atoms with Gasteiger partial charge in [0, 0.05) is 24.8 Å². The van der Waals surface area contributed by atoms with Crippen molar-refractivity contribution in [2.24, 2.45) is 0 Å². The molecule has 0 spiro atoms. The van der Waals surface area contributed by atoms with E-state index in [0.29, 0.717) is 17.9 Å². The molecule has 1 aliphatic heterocycles. The molecule has 0 unspecified atom stereocenters. The van der Waals surface area contributed by atoms with E-state index in [9.17, 15) is 10.1 Å². The van der Waals surface area contributed by atoms with Crippen molar-refractivity contribution < 1.29 is 9.21 Å². The Kier molecular flexibility index (Phi) is 4.08. The summed E-state index contributed by atoms with van der Waals surface area (Å²) < 4.78 is 5.46. The van der Waals surface area contributed by atoms with E-state index in [0.717, 1.165) is 29.8 Å². The molecule has 0 fully saturated rings. The number of fused-ring (bicyclic) bond motifs is 1. The van der Waals surface area contributed by atoms with Crippen LogP contribution in [0.15, 0.2) is 16.9 Å². The molecule has 0 radical (unpaired) electrons. The number of aromatic nitrogens is 2. The molecule has 1 aliphatic rings. The van der Waals surface area contributed by atoms with Crippen molar-refractivity contribution in [3.8, 4) is 6.07 Å². The summed E-state index contributed by atoms with van der Waals surface area (Å²) in [6.07, 6.45) is 4.18. The van der Waals surface area contributed by atoms with E-state index in [1.54, 1.807) is 13.8 Å². The van der Waals surface area contributed by atoms with Gasteiger partial charge >= 0.3 is 0 Å². The van der Waals surface area contributed by atoms with E-state index in [-0.39, 0.29) is 18.3 Å². The van der Waals surface area contributed by atoms with Gasteiger partial charge in [-0.05, 0) is 25.8 Å². The summed E-state index contributed by atoms with van der Waals surface area (Å²) in [5, 5.41) is 11.9. The molecule has 1 N–H and O–H groups in total. The summed E-state index contributed by atoms with van der Waals surface area (Å²) in [6, 6.07) is 2.07. The molecule has 1 amide bonds. The van der Waals surface area contributed by atoms with Gasteiger partial charge in [0.05, 0.1) is 12.2 Å². The summed E-state index contributed by atoms with van der Waals surface area (Å²) in [4.78, 5) is 22.5. The molecular weight excluding hydrogens is 294 g/mol. The number of amides is 1. The zero-order valence-electron chi connectivity index (χ0n) is 13.1. The number of carbonyl (C=O) groups is 1. The molecule has 3 heterocycles. The number of anilines is 1. The molecule has 0 bridgehead atoms. The lowest BCUT2D eigenvalue weighted by Crippen LogP contribution is -2.37. The minimum atomic E-state index is -0.201. The number of nitrogens with one attached hydrogen (secondary N) is 1. The topological polar surface area (TPSA) is 95.1 Å². The number of nitrogens with zero attached hydrogens (tertiary/aromatic N) is 4. The maximum absolute atomic E-state index is 12.2. The molecule has 2 aromatic heterocycles. The van der Waals surface area contributed by atoms with Gasteiger partial charge in [0.1, 0.15) is 23.7 Å². The van der Waals surface area contributed by atoms with Gasteiger partial charge in [-0.15, -0.1) is 0 Å². The lowest BCUT2D eigenvalue weighted by atomic mass is 10.1. The summed E-state index contributed by atoms with van der Waals surface area (Å²) in [7, 11) is 0. The lowest BCUT2D eigenvalue weighted by molar-refractivity contribution is -0.117. The van der Waals surface area contributed by atoms with E-state index in [4.69, 9.17) is 4.42 Å². The first-order valence-electron chi connectivity index (χ1n) is 7.38. The molecule has 0 aromatic carbocycles. The van der Waals surface area contributed by atoms with E-state index < -0.39 is 0 Å². The Labute approximate surface area is 133 Å². The minimum absolute atomic E-state index is 0.201. The average Bonchev–Trinajstić information content (AvgIpc) is 2.80. The normalized spacial score (nSPS) is 14.1. The smallest absolute Gasteiger partial charge is 0.240 e. The Morgan fingerprint density at radius 2 is 2.35 bits per heavy atom. The van der Waals surface area contributed by atoms with Crippen LogP contribution in [0.1, 0.15) is 28.1 Å². The fraction of sp³-hybridized carbons (Fsp3) is 0.375. The van der Waals surface area contributed by atoms with Gasteiger partial charge in [0.2, 0.25) is 11.8 Å². The van der Waals surface area contributed by atoms with Crippen molar-refractivity contribution in [3.05, 3.63) is 40.7 Å². The third kappa shape index (κ3) is 3.07. The Balaban J connectivity index is 1.65. The lowest BCUT2D eigenvalue weighted by Gasteiger charge is -2.26. The predicted molar refractivity (Wildman–Crippen MR) is 82.5 cm³/mol. The largest absolute Gasteiger partial charge is 0.444 e. The van der Waals surface area contributed by atoms with Gasteiger partial charge in [-0.25, -0.2) is 9.97 Å². The predicted octanol–water partition coefficient (Wildman–Crippen LogP) is 1.55. The van der Waals surface area contributed by atoms with Crippen molar-refractivity contribution in [2.45, 2.75) is 26.8 Å². The summed E-state index contributed by atoms with van der Waals surface area (Å²) >= 11 is 0. The first kappa shape index (κ1) is 15.2. The molecule has 0 saturated carbocycles. The van der Waals surface area contributed by atoms with Crippen LogP contribution < -0.4 is 5.32 Å². The third-order valence-corrected chi connectivity index (χ3v) is 4.07. The Morgan fingerprint density at radius 1 is 1.52 bits per heavy atom. The first-order chi connectivity index (χ1) is 11.1. The van der Waals surface area contributed by atoms with Gasteiger partial charge in [0.25, 0.3) is 0 Å². The Bertz CT molecular complexity index is 790. The van der Waals surface area contributed by atoms with E-state index >= 15 is 0 Å². The van der Waals surface area contributed by atoms with Crippen molar-refractivity contribution in [1.29, 1.82) is 5.26 Å². The molecule has 0 atom stereocenters. The quantitative estimate of drug-likeness (QED) is 0.924. The number of furan rings is 1. The maximum atomic E-state index is 12.2. The van der Waals surface area contributed by atoms with Crippen LogP contribution in [0.4, 0.5) is 5.88 Å². The van der Waals surface area contributed by atoms with Gasteiger partial charge in [-0.1, -0.05) is 0 Å². The number of carbonyl (C=O) groups excluding carboxylic acids is 1. The first-order valence-corrected chi connectivity index (χ1v) is 7.38. The van der Waals surface area contributed by atoms with Crippen LogP contribution in [0.2, 0.25) is 0 Å². The fourth-order valence-corrected chi connectivity index (χ4v) is 2.66. The number of hydrogen-bond donors (Lipinski definition) is 1. The fourth-order valence-electron chi connectivity index (χ4n) is 2.66. The monoisotopic (exact) mass is 311 g/mol. The molecule has 2 aromatic rings. The third-order valence-electron chi connectivity index (χ3n) is 4.07. The highest BCUT2D eigenvalue weighted by atomic mass is 16.4. The zero-order chi connectivity index (χ0) is 16.4. The number of aryl methyl sites for hydroxylation is 1. The second-order valence-electron chi connectivity index (χ2n) is 5.60. The van der Waals surface area contributed by atoms with E-state index in [2.05, 4.69) is 21.4 Å². The van der Waals surface area contributed by atoms with Crippen molar-refractivity contribution in [1.82, 2.24) is 14.9 Å². The van der Waals surface area contributed by atoms with E-state index in [1.807, 2.05) is 11.1 Å². The standard InChI is InChI=1S/C16H17N5O2/c1-10-11(2)23-16(13(10)5-17)20-15(22)8-21-4-3-12-6-18-9-19-14(12)7-21/h6,9H,3-4,7-8H2,1-2H3,(H,20,22). The zero-order valence-corrected chi connectivity index (χ0v) is 13.1. The highest BCUT2D eigenvalue weighted by Gasteiger charge is 2.21. The van der Waals surface area contributed by atoms with Gasteiger partial charge < -0.3 is 4.42 Å². The number of nitriles is 1. The van der Waals surface area contributed by atoms with Crippen LogP contribution in [0.25, 0.3) is 0 Å². The van der Waals surface area contributed by atoms with Crippen LogP contribution >= 0.6 is 0 Å². The van der Waals surface area contributed by atoms with Crippen LogP contribution in [0.5, 0.6) is 0 Å². The molecule has 7 heteroatoms. The summed E-state index contributed by atoms with van der Waals surface area (Å²) in [5.74, 6) is 0.667. The Hall–Kier alpha value is -2.72. The molecular formula is C16H17N5O2. The SMILES string of the molecule is Cc1oc(NC(=O)CN2CCc3cncnc3C2)c(C#N)c1C. The van der Waals surface area contributed by atoms with Crippen molar-refractivity contribution in [3.63, 3.8) is 0 Å². The number of rotatable bonds is 3. The Morgan fingerprint density at radius 3 is 3.13 bits per heavy atom. The van der Waals surface area contributed by atoms with Crippen LogP contribution in [-0.4, -0.2) is 33.9 Å². The molecule has 7 nitrogen and oxygen atoms in total. The van der Waals surface area contributed by atoms with Gasteiger partial charge in [-0.2, -0.15) is 5.26 Å². The molecule has 0 aliphatic carbocycles. The highest BCUT2D eigenvalue weighted by molar-refractivity contribution is 5.92. The maximum Gasteiger partial charge on any atom is 0.240 e. The summed E-state index contributed by atoms with van der Waals surface area (Å²) in [5.41, 5.74) is 3.23. The van der Waals surface area contributed by atoms with Gasteiger partial charge in [0.15, 0.2) is 0 Å².